The number of rotatable bonds is 4. The second-order valence-corrected chi connectivity index (χ2v) is 3.54. The highest BCUT2D eigenvalue weighted by Gasteiger charge is 2.08. The molecule has 0 heterocycles. The predicted molar refractivity (Wildman–Crippen MR) is 59.1 cm³/mol. The maximum atomic E-state index is 11.2. The summed E-state index contributed by atoms with van der Waals surface area (Å²) in [4.78, 5) is 11.2. The number of quaternary nitrogens is 1. The average molecular weight is 206 g/mol. The van der Waals surface area contributed by atoms with Crippen molar-refractivity contribution in [2.75, 3.05) is 13.6 Å². The Morgan fingerprint density at radius 3 is 2.60 bits per heavy atom. The minimum Gasteiger partial charge on any atom is -0.612 e. The molecule has 0 amide bonds. The second-order valence-electron chi connectivity index (χ2n) is 3.54. The largest absolute Gasteiger partial charge is 0.612 e. The third kappa shape index (κ3) is 5.07. The summed E-state index contributed by atoms with van der Waals surface area (Å²) >= 11 is 0. The molecule has 0 aliphatic carbocycles. The summed E-state index contributed by atoms with van der Waals surface area (Å²) in [6.07, 6.45) is 3.04. The molecule has 1 aromatic rings. The van der Waals surface area contributed by atoms with Gasteiger partial charge in [0.2, 0.25) is 5.78 Å². The molecule has 0 radical (unpaired) electrons. The second kappa shape index (κ2) is 4.84. The van der Waals surface area contributed by atoms with Gasteiger partial charge in [0.25, 0.3) is 0 Å². The van der Waals surface area contributed by atoms with E-state index in [1.54, 1.807) is 6.08 Å². The molecule has 1 atom stereocenters. The number of carbonyl (C=O) groups excluding carboxylic acids is 1. The van der Waals surface area contributed by atoms with Crippen molar-refractivity contribution in [2.24, 2.45) is 5.84 Å². The molecule has 15 heavy (non-hydrogen) atoms. The molecule has 0 fully saturated rings. The highest BCUT2D eigenvalue weighted by atomic mass is 16.6. The number of hydroxylamine groups is 2. The molecule has 2 N–H and O–H groups in total. The van der Waals surface area contributed by atoms with Crippen LogP contribution >= 0.6 is 0 Å². The molecule has 1 aromatic carbocycles. The Morgan fingerprint density at radius 2 is 2.07 bits per heavy atom. The number of benzene rings is 1. The zero-order chi connectivity index (χ0) is 11.3. The van der Waals surface area contributed by atoms with Crippen LogP contribution in [-0.2, 0) is 4.79 Å². The Kier molecular flexibility index (Phi) is 3.74. The quantitative estimate of drug-likeness (QED) is 0.347. The van der Waals surface area contributed by atoms with E-state index < -0.39 is 4.76 Å². The summed E-state index contributed by atoms with van der Waals surface area (Å²) in [5.74, 6) is 4.85. The third-order valence-electron chi connectivity index (χ3n) is 1.73. The number of likely N-dealkylation sites (N-methyl/N-ethyl adjacent to an activating group) is 1. The average Bonchev–Trinajstić information content (AvgIpc) is 2.14. The SMILES string of the molecule is C[N+](N)([O-])CC(=O)C=Cc1ccccc1. The number of hydrogen-bond donors (Lipinski definition) is 1. The molecule has 0 aliphatic heterocycles. The molecule has 80 valence electrons. The van der Waals surface area contributed by atoms with Gasteiger partial charge in [0, 0.05) is 0 Å². The molecule has 0 bridgehead atoms. The van der Waals surface area contributed by atoms with E-state index >= 15 is 0 Å². The van der Waals surface area contributed by atoms with Crippen LogP contribution in [0.25, 0.3) is 6.08 Å². The zero-order valence-electron chi connectivity index (χ0n) is 8.59. The maximum Gasteiger partial charge on any atom is 0.211 e. The molecule has 4 nitrogen and oxygen atoms in total. The van der Waals surface area contributed by atoms with Crippen LogP contribution in [0.1, 0.15) is 5.56 Å². The fraction of sp³-hybridized carbons (Fsp3) is 0.182. The first-order valence-corrected chi connectivity index (χ1v) is 4.58. The van der Waals surface area contributed by atoms with Crippen LogP contribution in [0, 0.1) is 5.21 Å². The number of hydrogen-bond acceptors (Lipinski definition) is 3. The molecular weight excluding hydrogens is 192 g/mol. The van der Waals surface area contributed by atoms with E-state index in [1.807, 2.05) is 30.3 Å². The highest BCUT2D eigenvalue weighted by Crippen LogP contribution is 2.01. The molecule has 0 aromatic heterocycles. The van der Waals surface area contributed by atoms with Crippen LogP contribution in [0.5, 0.6) is 0 Å². The van der Waals surface area contributed by atoms with Gasteiger partial charge in [-0.3, -0.25) is 9.55 Å². The Bertz CT molecular complexity index is 353. The maximum absolute atomic E-state index is 11.2. The zero-order valence-corrected chi connectivity index (χ0v) is 8.59. The van der Waals surface area contributed by atoms with E-state index in [4.69, 9.17) is 5.84 Å². The summed E-state index contributed by atoms with van der Waals surface area (Å²) < 4.78 is -1.09. The molecule has 0 aliphatic rings. The van der Waals surface area contributed by atoms with Crippen molar-refractivity contribution in [3.8, 4) is 0 Å². The minimum absolute atomic E-state index is 0.247. The summed E-state index contributed by atoms with van der Waals surface area (Å²) in [7, 11) is 1.23. The third-order valence-corrected chi connectivity index (χ3v) is 1.73. The summed E-state index contributed by atoms with van der Waals surface area (Å²) in [5.41, 5.74) is 0.919. The fourth-order valence-corrected chi connectivity index (χ4v) is 1.12. The molecule has 0 saturated heterocycles. The van der Waals surface area contributed by atoms with Crippen molar-refractivity contribution < 1.29 is 9.55 Å². The molecular formula is C11H14N2O2. The topological polar surface area (TPSA) is 66.2 Å². The standard InChI is InChI=1S/C11H14N2O2/c1-13(12,15)9-11(14)8-7-10-5-3-2-4-6-10/h2-8H,9,12H2,1H3. The van der Waals surface area contributed by atoms with Crippen molar-refractivity contribution in [2.45, 2.75) is 0 Å². The van der Waals surface area contributed by atoms with E-state index in [-0.39, 0.29) is 12.3 Å². The first kappa shape index (κ1) is 11.6. The first-order valence-electron chi connectivity index (χ1n) is 4.58. The van der Waals surface area contributed by atoms with Crippen LogP contribution in [0.2, 0.25) is 0 Å². The predicted octanol–water partition coefficient (Wildman–Crippen LogP) is 1.09. The van der Waals surface area contributed by atoms with Gasteiger partial charge in [-0.05, 0) is 11.6 Å². The van der Waals surface area contributed by atoms with Gasteiger partial charge in [-0.25, -0.2) is 0 Å². The van der Waals surface area contributed by atoms with Crippen molar-refractivity contribution in [3.05, 3.63) is 47.2 Å². The number of ketones is 1. The van der Waals surface area contributed by atoms with Gasteiger partial charge in [0.1, 0.15) is 0 Å². The van der Waals surface area contributed by atoms with Gasteiger partial charge in [0.05, 0.1) is 7.05 Å². The first-order chi connectivity index (χ1) is 6.97. The lowest BCUT2D eigenvalue weighted by Gasteiger charge is -2.30. The lowest BCUT2D eigenvalue weighted by molar-refractivity contribution is -0.864. The lowest BCUT2D eigenvalue weighted by Crippen LogP contribution is -2.47. The van der Waals surface area contributed by atoms with Gasteiger partial charge < -0.3 is 5.21 Å². The number of nitrogens with zero attached hydrogens (tertiary/aromatic N) is 1. The monoisotopic (exact) mass is 206 g/mol. The normalized spacial score (nSPS) is 15.1. The van der Waals surface area contributed by atoms with E-state index in [1.165, 1.54) is 13.1 Å². The fourth-order valence-electron chi connectivity index (χ4n) is 1.12. The molecule has 4 heteroatoms. The minimum atomic E-state index is -1.09. The van der Waals surface area contributed by atoms with E-state index in [0.717, 1.165) is 5.56 Å². The van der Waals surface area contributed by atoms with Crippen LogP contribution in [0.4, 0.5) is 0 Å². The van der Waals surface area contributed by atoms with Crippen molar-refractivity contribution in [3.63, 3.8) is 0 Å². The van der Waals surface area contributed by atoms with Crippen molar-refractivity contribution in [1.29, 1.82) is 0 Å². The Morgan fingerprint density at radius 1 is 1.47 bits per heavy atom. The number of carbonyl (C=O) groups is 1. The molecule has 1 rings (SSSR count). The summed E-state index contributed by atoms with van der Waals surface area (Å²) in [5, 5.41) is 11.0. The molecule has 1 unspecified atom stereocenters. The van der Waals surface area contributed by atoms with Gasteiger partial charge in [0.15, 0.2) is 6.54 Å². The Labute approximate surface area is 88.8 Å². The van der Waals surface area contributed by atoms with Gasteiger partial charge >= 0.3 is 0 Å². The molecule has 0 saturated carbocycles. The smallest absolute Gasteiger partial charge is 0.211 e. The van der Waals surface area contributed by atoms with Crippen molar-refractivity contribution in [1.82, 2.24) is 0 Å². The van der Waals surface area contributed by atoms with Gasteiger partial charge in [-0.1, -0.05) is 36.4 Å². The lowest BCUT2D eigenvalue weighted by atomic mass is 10.2. The van der Waals surface area contributed by atoms with Crippen molar-refractivity contribution >= 4 is 11.9 Å². The molecule has 0 spiro atoms. The van der Waals surface area contributed by atoms with Crippen LogP contribution in [0.15, 0.2) is 36.4 Å². The Balaban J connectivity index is 2.56. The highest BCUT2D eigenvalue weighted by molar-refractivity contribution is 5.94. The number of nitrogens with two attached hydrogens (primary N) is 1. The van der Waals surface area contributed by atoms with Crippen LogP contribution in [0.3, 0.4) is 0 Å². The summed E-state index contributed by atoms with van der Waals surface area (Å²) in [6.45, 7) is -0.247. The van der Waals surface area contributed by atoms with E-state index in [2.05, 4.69) is 0 Å². The summed E-state index contributed by atoms with van der Waals surface area (Å²) in [6, 6.07) is 9.39. The Hall–Kier alpha value is -1.49. The van der Waals surface area contributed by atoms with Crippen LogP contribution in [-0.4, -0.2) is 24.1 Å². The van der Waals surface area contributed by atoms with Gasteiger partial charge in [-0.15, -0.1) is 0 Å². The van der Waals surface area contributed by atoms with E-state index in [0.29, 0.717) is 0 Å². The van der Waals surface area contributed by atoms with Gasteiger partial charge in [-0.2, -0.15) is 5.84 Å². The van der Waals surface area contributed by atoms with E-state index in [9.17, 15) is 10.0 Å². The van der Waals surface area contributed by atoms with Crippen LogP contribution < -0.4 is 5.84 Å².